The molecule has 1 saturated carbocycles. The number of aliphatic hydroxyl groups is 1. The molecule has 2 atom stereocenters. The minimum atomic E-state index is -0.684. The zero-order chi connectivity index (χ0) is 29.3. The molecule has 2 unspecified atom stereocenters. The number of aliphatic hydroxyl groups excluding tert-OH is 1. The first-order valence-corrected chi connectivity index (χ1v) is 13.8. The van der Waals surface area contributed by atoms with Crippen molar-refractivity contribution in [3.8, 4) is 22.6 Å². The van der Waals surface area contributed by atoms with Gasteiger partial charge in [-0.25, -0.2) is 4.39 Å². The highest BCUT2D eigenvalue weighted by Crippen LogP contribution is 2.48. The fraction of sp³-hybridized carbons (Fsp3) is 0.242. The lowest BCUT2D eigenvalue weighted by atomic mass is 9.88. The van der Waals surface area contributed by atoms with E-state index in [0.29, 0.717) is 39.3 Å². The van der Waals surface area contributed by atoms with E-state index in [-0.39, 0.29) is 30.8 Å². The Hall–Kier alpha value is -4.76. The monoisotopic (exact) mass is 567 g/mol. The summed E-state index contributed by atoms with van der Waals surface area (Å²) in [6, 6.07) is 22.2. The van der Waals surface area contributed by atoms with Crippen LogP contribution in [-0.2, 0) is 10.3 Å². The van der Waals surface area contributed by atoms with Gasteiger partial charge in [-0.1, -0.05) is 24.3 Å². The average Bonchev–Trinajstić information content (AvgIpc) is 3.71. The van der Waals surface area contributed by atoms with E-state index in [4.69, 9.17) is 9.47 Å². The van der Waals surface area contributed by atoms with Crippen LogP contribution in [0, 0.1) is 5.82 Å². The molecule has 1 aromatic heterocycles. The summed E-state index contributed by atoms with van der Waals surface area (Å²) in [4.78, 5) is 31.0. The predicted octanol–water partition coefficient (Wildman–Crippen LogP) is 4.64. The second-order valence-electron chi connectivity index (χ2n) is 10.5. The van der Waals surface area contributed by atoms with Gasteiger partial charge in [0.1, 0.15) is 35.9 Å². The highest BCUT2D eigenvalue weighted by atomic mass is 19.1. The molecule has 8 nitrogen and oxygen atoms in total. The molecule has 0 spiro atoms. The van der Waals surface area contributed by atoms with Crippen molar-refractivity contribution < 1.29 is 28.6 Å². The Morgan fingerprint density at radius 1 is 1.07 bits per heavy atom. The third-order valence-electron chi connectivity index (χ3n) is 7.79. The Balaban J connectivity index is 1.36. The van der Waals surface area contributed by atoms with Gasteiger partial charge in [0.15, 0.2) is 0 Å². The van der Waals surface area contributed by atoms with E-state index < -0.39 is 17.6 Å². The van der Waals surface area contributed by atoms with E-state index in [2.05, 4.69) is 15.6 Å². The van der Waals surface area contributed by atoms with Crippen LogP contribution in [0.3, 0.4) is 0 Å². The number of nitrogens with zero attached hydrogens (tertiary/aromatic N) is 1. The van der Waals surface area contributed by atoms with Crippen LogP contribution >= 0.6 is 0 Å². The summed E-state index contributed by atoms with van der Waals surface area (Å²) in [5, 5.41) is 15.3. The van der Waals surface area contributed by atoms with Crippen molar-refractivity contribution in [2.75, 3.05) is 20.3 Å². The highest BCUT2D eigenvalue weighted by Gasteiger charge is 2.47. The number of benzene rings is 3. The molecule has 6 rings (SSSR count). The van der Waals surface area contributed by atoms with E-state index in [9.17, 15) is 19.1 Å². The van der Waals surface area contributed by atoms with Crippen molar-refractivity contribution in [2.24, 2.45) is 0 Å². The number of carbonyl (C=O) groups excluding carboxylic acids is 2. The van der Waals surface area contributed by atoms with Crippen LogP contribution < -0.4 is 20.1 Å². The molecule has 214 valence electrons. The topological polar surface area (TPSA) is 110 Å². The van der Waals surface area contributed by atoms with Crippen molar-refractivity contribution in [1.82, 2.24) is 15.6 Å². The average molecular weight is 568 g/mol. The lowest BCUT2D eigenvalue weighted by Crippen LogP contribution is -2.35. The number of nitrogens with one attached hydrogen (secondary N) is 2. The third kappa shape index (κ3) is 5.19. The molecule has 42 heavy (non-hydrogen) atoms. The number of pyridine rings is 1. The van der Waals surface area contributed by atoms with E-state index in [1.165, 1.54) is 12.1 Å². The van der Waals surface area contributed by atoms with E-state index in [1.54, 1.807) is 49.6 Å². The number of halogens is 1. The molecule has 3 aromatic carbocycles. The largest absolute Gasteiger partial charge is 0.491 e. The maximum absolute atomic E-state index is 13.6. The van der Waals surface area contributed by atoms with Gasteiger partial charge in [0.2, 0.25) is 5.91 Å². The molecule has 1 aliphatic carbocycles. The fourth-order valence-electron chi connectivity index (χ4n) is 5.47. The number of hydrogen-bond acceptors (Lipinski definition) is 6. The SMILES string of the molecule is CNC(=O)C1c2cc(-c3cc(C(=O)NC4(c5ccccn5)CC4)ccc3OCCO)ccc2OC1c1ccc(F)cc1. The number of carbonyl (C=O) groups is 2. The molecule has 0 bridgehead atoms. The molecule has 1 aliphatic heterocycles. The van der Waals surface area contributed by atoms with Crippen molar-refractivity contribution >= 4 is 11.8 Å². The van der Waals surface area contributed by atoms with Gasteiger partial charge in [0, 0.05) is 29.9 Å². The van der Waals surface area contributed by atoms with Gasteiger partial charge in [0.25, 0.3) is 5.91 Å². The quantitative estimate of drug-likeness (QED) is 0.272. The van der Waals surface area contributed by atoms with Crippen LogP contribution in [0.25, 0.3) is 11.1 Å². The Bertz CT molecular complexity index is 1620. The molecule has 4 aromatic rings. The highest BCUT2D eigenvalue weighted by molar-refractivity contribution is 5.97. The number of aromatic nitrogens is 1. The lowest BCUT2D eigenvalue weighted by Gasteiger charge is -2.19. The van der Waals surface area contributed by atoms with Crippen LogP contribution in [0.4, 0.5) is 4.39 Å². The first-order valence-electron chi connectivity index (χ1n) is 13.8. The van der Waals surface area contributed by atoms with Crippen molar-refractivity contribution in [3.05, 3.63) is 113 Å². The molecule has 2 heterocycles. The van der Waals surface area contributed by atoms with Crippen LogP contribution in [0.2, 0.25) is 0 Å². The summed E-state index contributed by atoms with van der Waals surface area (Å²) in [5.41, 5.74) is 3.46. The van der Waals surface area contributed by atoms with Crippen LogP contribution in [0.1, 0.15) is 52.0 Å². The molecule has 3 N–H and O–H groups in total. The summed E-state index contributed by atoms with van der Waals surface area (Å²) in [6.45, 7) is -0.104. The van der Waals surface area contributed by atoms with Crippen LogP contribution in [0.5, 0.6) is 11.5 Å². The molecule has 9 heteroatoms. The number of amides is 2. The second-order valence-corrected chi connectivity index (χ2v) is 10.5. The zero-order valence-corrected chi connectivity index (χ0v) is 23.0. The minimum Gasteiger partial charge on any atom is -0.491 e. The fourth-order valence-corrected chi connectivity index (χ4v) is 5.47. The maximum atomic E-state index is 13.6. The Morgan fingerprint density at radius 3 is 2.57 bits per heavy atom. The summed E-state index contributed by atoms with van der Waals surface area (Å²) in [6.07, 6.45) is 2.69. The molecule has 0 saturated heterocycles. The Labute approximate surface area is 242 Å². The van der Waals surface area contributed by atoms with Gasteiger partial charge in [-0.15, -0.1) is 0 Å². The molecule has 2 aliphatic rings. The van der Waals surface area contributed by atoms with Gasteiger partial charge >= 0.3 is 0 Å². The van der Waals surface area contributed by atoms with Gasteiger partial charge in [-0.3, -0.25) is 14.6 Å². The Kier molecular flexibility index (Phi) is 7.34. The predicted molar refractivity (Wildman–Crippen MR) is 154 cm³/mol. The molecular weight excluding hydrogens is 537 g/mol. The van der Waals surface area contributed by atoms with E-state index in [0.717, 1.165) is 18.5 Å². The van der Waals surface area contributed by atoms with Crippen molar-refractivity contribution in [2.45, 2.75) is 30.4 Å². The summed E-state index contributed by atoms with van der Waals surface area (Å²) < 4.78 is 25.7. The standard InChI is InChI=1S/C33H30FN3O5/c1-35-32(40)29-25-18-21(7-12-27(25)42-30(29)20-5-9-23(34)10-6-20)24-19-22(8-11-26(24)41-17-16-38)31(39)37-33(13-14-33)28-4-2-3-15-36-28/h2-12,15,18-19,29-30,38H,13-14,16-17H2,1H3,(H,35,40)(H,37,39). The summed E-state index contributed by atoms with van der Waals surface area (Å²) in [7, 11) is 1.56. The first kappa shape index (κ1) is 27.4. The molecular formula is C33H30FN3O5. The lowest BCUT2D eigenvalue weighted by molar-refractivity contribution is -0.123. The second kappa shape index (κ2) is 11.3. The Morgan fingerprint density at radius 2 is 1.88 bits per heavy atom. The number of rotatable bonds is 9. The van der Waals surface area contributed by atoms with Gasteiger partial charge < -0.3 is 25.2 Å². The summed E-state index contributed by atoms with van der Waals surface area (Å²) >= 11 is 0. The normalized spacial score (nSPS) is 18.0. The number of ether oxygens (including phenoxy) is 2. The number of hydrogen-bond donors (Lipinski definition) is 3. The van der Waals surface area contributed by atoms with Gasteiger partial charge in [0.05, 0.1) is 17.8 Å². The van der Waals surface area contributed by atoms with Gasteiger partial charge in [-0.2, -0.15) is 0 Å². The van der Waals surface area contributed by atoms with Crippen LogP contribution in [0.15, 0.2) is 85.1 Å². The summed E-state index contributed by atoms with van der Waals surface area (Å²) in [5.74, 6) is -0.514. The minimum absolute atomic E-state index is 0.0723. The van der Waals surface area contributed by atoms with Crippen molar-refractivity contribution in [3.63, 3.8) is 0 Å². The zero-order valence-electron chi connectivity index (χ0n) is 23.0. The van der Waals surface area contributed by atoms with E-state index >= 15 is 0 Å². The van der Waals surface area contributed by atoms with Crippen molar-refractivity contribution in [1.29, 1.82) is 0 Å². The maximum Gasteiger partial charge on any atom is 0.252 e. The number of fused-ring (bicyclic) bond motifs is 1. The van der Waals surface area contributed by atoms with E-state index in [1.807, 2.05) is 30.3 Å². The molecule has 0 radical (unpaired) electrons. The number of likely N-dealkylation sites (N-methyl/N-ethyl adjacent to an activating group) is 1. The first-order chi connectivity index (χ1) is 20.4. The molecule has 1 fully saturated rings. The van der Waals surface area contributed by atoms with Crippen LogP contribution in [-0.4, -0.2) is 42.2 Å². The molecule has 2 amide bonds. The smallest absolute Gasteiger partial charge is 0.252 e. The third-order valence-corrected chi connectivity index (χ3v) is 7.79. The van der Waals surface area contributed by atoms with Gasteiger partial charge in [-0.05, 0) is 78.6 Å².